The smallest absolute Gasteiger partial charge is 0.331 e. The fourth-order valence-corrected chi connectivity index (χ4v) is 9.81. The molecule has 4 aliphatic rings. The molecule has 5 rings (SSSR count). The van der Waals surface area contributed by atoms with Gasteiger partial charge in [0.1, 0.15) is 6.10 Å². The molecule has 0 unspecified atom stereocenters. The highest BCUT2D eigenvalue weighted by atomic mass is 16.5. The van der Waals surface area contributed by atoms with Gasteiger partial charge < -0.3 is 14.2 Å². The summed E-state index contributed by atoms with van der Waals surface area (Å²) in [5.74, 6) is 4.54. The van der Waals surface area contributed by atoms with Gasteiger partial charge in [-0.15, -0.1) is 0 Å². The zero-order chi connectivity index (χ0) is 29.7. The molecule has 4 nitrogen and oxygen atoms in total. The van der Waals surface area contributed by atoms with Crippen LogP contribution in [0.15, 0.2) is 35.9 Å². The summed E-state index contributed by atoms with van der Waals surface area (Å²) in [6, 6.07) is 5.63. The number of methoxy groups -OCH3 is 2. The van der Waals surface area contributed by atoms with E-state index in [1.54, 1.807) is 31.9 Å². The number of carbonyl (C=O) groups is 1. The van der Waals surface area contributed by atoms with Crippen molar-refractivity contribution < 1.29 is 19.0 Å². The molecule has 42 heavy (non-hydrogen) atoms. The number of ether oxygens (including phenoxy) is 3. The molecule has 0 bridgehead atoms. The van der Waals surface area contributed by atoms with Crippen molar-refractivity contribution in [3.8, 4) is 11.5 Å². The second-order valence-electron chi connectivity index (χ2n) is 14.4. The van der Waals surface area contributed by atoms with Crippen LogP contribution < -0.4 is 9.47 Å². The lowest BCUT2D eigenvalue weighted by Crippen LogP contribution is -2.50. The minimum atomic E-state index is -0.261. The van der Waals surface area contributed by atoms with E-state index in [4.69, 9.17) is 14.2 Å². The number of hydrogen-bond acceptors (Lipinski definition) is 4. The first kappa shape index (κ1) is 31.2. The van der Waals surface area contributed by atoms with Gasteiger partial charge in [-0.3, -0.25) is 0 Å². The van der Waals surface area contributed by atoms with Crippen LogP contribution in [0.5, 0.6) is 11.5 Å². The average Bonchev–Trinajstić information content (AvgIpc) is 3.33. The van der Waals surface area contributed by atoms with Crippen molar-refractivity contribution in [1.82, 2.24) is 0 Å². The molecule has 0 amide bonds. The van der Waals surface area contributed by atoms with Gasteiger partial charge in [-0.05, 0) is 110 Å². The Kier molecular flexibility index (Phi) is 10.1. The molecule has 4 aliphatic carbocycles. The highest BCUT2D eigenvalue weighted by Crippen LogP contribution is 2.66. The highest BCUT2D eigenvalue weighted by molar-refractivity contribution is 5.87. The maximum atomic E-state index is 12.8. The second-order valence-corrected chi connectivity index (χ2v) is 14.4. The summed E-state index contributed by atoms with van der Waals surface area (Å²) in [6.45, 7) is 7.54. The summed E-state index contributed by atoms with van der Waals surface area (Å²) >= 11 is 0. The van der Waals surface area contributed by atoms with Crippen molar-refractivity contribution in [3.63, 3.8) is 0 Å². The molecule has 232 valence electrons. The van der Waals surface area contributed by atoms with Gasteiger partial charge in [0.25, 0.3) is 0 Å². The number of unbranched alkanes of at least 4 members (excludes halogenated alkanes) is 5. The molecule has 4 heteroatoms. The number of rotatable bonds is 12. The first-order chi connectivity index (χ1) is 20.3. The van der Waals surface area contributed by atoms with Gasteiger partial charge in [0.2, 0.25) is 0 Å². The summed E-state index contributed by atoms with van der Waals surface area (Å²) in [7, 11) is 3.24. The zero-order valence-electron chi connectivity index (χ0n) is 27.1. The van der Waals surface area contributed by atoms with Crippen LogP contribution in [0.3, 0.4) is 0 Å². The predicted octanol–water partition coefficient (Wildman–Crippen LogP) is 9.96. The maximum Gasteiger partial charge on any atom is 0.331 e. The number of allylic oxidation sites excluding steroid dienone is 1. The van der Waals surface area contributed by atoms with Crippen molar-refractivity contribution in [2.24, 2.45) is 34.5 Å². The molecule has 1 aromatic rings. The standard InChI is InChI=1S/C38H56O4/c1-6-7-8-9-10-11-12-28-16-18-32-31-17-15-29-26-30(21-23-38(29,3)33(31)22-24-37(28,32)2)42-36(39)20-14-27-13-19-34(40-4)35(25-27)41-5/h13-15,19-20,25,28,30-33H,6-12,16-18,21-24,26H2,1-5H3/b20-14+/t28-,30+,31-,32-,33+,37-,38+/m1/s1. The lowest BCUT2D eigenvalue weighted by Gasteiger charge is -2.58. The third-order valence-corrected chi connectivity index (χ3v) is 12.3. The lowest BCUT2D eigenvalue weighted by molar-refractivity contribution is -0.145. The molecule has 7 atom stereocenters. The molecule has 0 heterocycles. The van der Waals surface area contributed by atoms with E-state index in [1.807, 2.05) is 18.2 Å². The average molecular weight is 577 g/mol. The van der Waals surface area contributed by atoms with E-state index < -0.39 is 0 Å². The molecular formula is C38H56O4. The Balaban J connectivity index is 1.16. The Morgan fingerprint density at radius 2 is 1.71 bits per heavy atom. The number of fused-ring (bicyclic) bond motifs is 5. The Labute approximate surface area is 255 Å². The monoisotopic (exact) mass is 576 g/mol. The zero-order valence-corrected chi connectivity index (χ0v) is 27.1. The fraction of sp³-hybridized carbons (Fsp3) is 0.711. The van der Waals surface area contributed by atoms with Gasteiger partial charge in [-0.1, -0.05) is 77.0 Å². The molecule has 0 N–H and O–H groups in total. The quantitative estimate of drug-likeness (QED) is 0.107. The van der Waals surface area contributed by atoms with Gasteiger partial charge in [0, 0.05) is 12.5 Å². The van der Waals surface area contributed by atoms with E-state index in [1.165, 1.54) is 77.0 Å². The topological polar surface area (TPSA) is 44.8 Å². The number of carbonyl (C=O) groups excluding carboxylic acids is 1. The summed E-state index contributed by atoms with van der Waals surface area (Å²) in [5, 5.41) is 0. The number of hydrogen-bond donors (Lipinski definition) is 0. The molecule has 3 fully saturated rings. The SMILES string of the molecule is CCCCCCCC[C@@H]1CC[C@@H]2[C@H]3CC=C4C[C@@H](OC(=O)/C=C/c5ccc(OC)c(OC)c5)CC[C@]4(C)[C@H]3CC[C@]12C. The molecule has 0 saturated heterocycles. The second kappa shape index (κ2) is 13.6. The molecule has 0 radical (unpaired) electrons. The van der Waals surface area contributed by atoms with Crippen LogP contribution in [0, 0.1) is 34.5 Å². The van der Waals surface area contributed by atoms with Crippen LogP contribution >= 0.6 is 0 Å². The molecule has 3 saturated carbocycles. The van der Waals surface area contributed by atoms with Crippen LogP contribution in [0.4, 0.5) is 0 Å². The largest absolute Gasteiger partial charge is 0.493 e. The summed E-state index contributed by atoms with van der Waals surface area (Å²) in [5.41, 5.74) is 3.29. The summed E-state index contributed by atoms with van der Waals surface area (Å²) in [4.78, 5) is 12.8. The Morgan fingerprint density at radius 3 is 2.50 bits per heavy atom. The molecule has 0 aromatic heterocycles. The third kappa shape index (κ3) is 6.34. The van der Waals surface area contributed by atoms with Crippen LogP contribution in [0.2, 0.25) is 0 Å². The number of esters is 1. The van der Waals surface area contributed by atoms with Gasteiger partial charge in [0.15, 0.2) is 11.5 Å². The molecule has 0 spiro atoms. The highest BCUT2D eigenvalue weighted by Gasteiger charge is 2.58. The molecule has 1 aromatic carbocycles. The van der Waals surface area contributed by atoms with Crippen molar-refractivity contribution in [3.05, 3.63) is 41.5 Å². The first-order valence-electron chi connectivity index (χ1n) is 17.1. The van der Waals surface area contributed by atoms with Crippen molar-refractivity contribution in [2.45, 2.75) is 123 Å². The minimum absolute atomic E-state index is 0.0227. The van der Waals surface area contributed by atoms with Crippen LogP contribution in [-0.2, 0) is 9.53 Å². The molecular weight excluding hydrogens is 520 g/mol. The minimum Gasteiger partial charge on any atom is -0.493 e. The summed E-state index contributed by atoms with van der Waals surface area (Å²) in [6.07, 6.45) is 25.8. The Hall–Kier alpha value is -2.23. The van der Waals surface area contributed by atoms with E-state index >= 15 is 0 Å². The van der Waals surface area contributed by atoms with E-state index in [9.17, 15) is 4.79 Å². The number of benzene rings is 1. The third-order valence-electron chi connectivity index (χ3n) is 12.3. The molecule has 0 aliphatic heterocycles. The van der Waals surface area contributed by atoms with Gasteiger partial charge >= 0.3 is 5.97 Å². The predicted molar refractivity (Wildman–Crippen MR) is 172 cm³/mol. The summed E-state index contributed by atoms with van der Waals surface area (Å²) < 4.78 is 16.7. The van der Waals surface area contributed by atoms with Crippen LogP contribution in [-0.4, -0.2) is 26.3 Å². The van der Waals surface area contributed by atoms with Gasteiger partial charge in [-0.2, -0.15) is 0 Å². The van der Waals surface area contributed by atoms with E-state index in [-0.39, 0.29) is 17.5 Å². The van der Waals surface area contributed by atoms with Crippen LogP contribution in [0.1, 0.15) is 123 Å². The first-order valence-corrected chi connectivity index (χ1v) is 17.1. The van der Waals surface area contributed by atoms with Gasteiger partial charge in [-0.25, -0.2) is 4.79 Å². The lowest BCUT2D eigenvalue weighted by atomic mass is 9.47. The van der Waals surface area contributed by atoms with E-state index in [0.717, 1.165) is 48.5 Å². The van der Waals surface area contributed by atoms with E-state index in [2.05, 4.69) is 26.8 Å². The van der Waals surface area contributed by atoms with Crippen molar-refractivity contribution >= 4 is 12.0 Å². The Morgan fingerprint density at radius 1 is 0.929 bits per heavy atom. The Bertz CT molecular complexity index is 1140. The van der Waals surface area contributed by atoms with Gasteiger partial charge in [0.05, 0.1) is 14.2 Å². The normalized spacial score (nSPS) is 33.8. The van der Waals surface area contributed by atoms with Crippen molar-refractivity contribution in [2.75, 3.05) is 14.2 Å². The van der Waals surface area contributed by atoms with Crippen LogP contribution in [0.25, 0.3) is 6.08 Å². The van der Waals surface area contributed by atoms with E-state index in [0.29, 0.717) is 16.9 Å². The van der Waals surface area contributed by atoms with Crippen molar-refractivity contribution in [1.29, 1.82) is 0 Å². The fourth-order valence-electron chi connectivity index (χ4n) is 9.81. The maximum absolute atomic E-state index is 12.8.